The summed E-state index contributed by atoms with van der Waals surface area (Å²) < 4.78 is 14.7. The summed E-state index contributed by atoms with van der Waals surface area (Å²) in [5, 5.41) is 0. The Morgan fingerprint density at radius 2 is 1.46 bits per heavy atom. The highest BCUT2D eigenvalue weighted by Gasteiger charge is 2.43. The molecule has 0 aliphatic carbocycles. The van der Waals surface area contributed by atoms with Crippen LogP contribution in [-0.2, 0) is 33.4 Å². The first kappa shape index (κ1) is 19.9. The van der Waals surface area contributed by atoms with Crippen LogP contribution in [0.2, 0.25) is 0 Å². The van der Waals surface area contributed by atoms with Crippen LogP contribution in [-0.4, -0.2) is 60.6 Å². The summed E-state index contributed by atoms with van der Waals surface area (Å²) in [5.41, 5.74) is 0. The first-order valence-corrected chi connectivity index (χ1v) is 8.23. The third kappa shape index (κ3) is 5.50. The molecule has 1 amide bonds. The molecule has 1 aliphatic rings. The second-order valence-corrected chi connectivity index (χ2v) is 5.29. The van der Waals surface area contributed by atoms with Gasteiger partial charge in [0.25, 0.3) is 0 Å². The van der Waals surface area contributed by atoms with Crippen LogP contribution in [0.3, 0.4) is 0 Å². The minimum Gasteiger partial charge on any atom is -0.466 e. The van der Waals surface area contributed by atoms with E-state index in [1.807, 2.05) is 0 Å². The number of likely N-dealkylation sites (tertiary alicyclic amines) is 1. The van der Waals surface area contributed by atoms with Gasteiger partial charge in [0.05, 0.1) is 26.2 Å². The van der Waals surface area contributed by atoms with Crippen LogP contribution in [0.5, 0.6) is 0 Å². The molecule has 0 saturated carbocycles. The molecule has 0 aromatic carbocycles. The van der Waals surface area contributed by atoms with E-state index in [0.29, 0.717) is 12.8 Å². The Labute approximate surface area is 141 Å². The number of hydrogen-bond acceptors (Lipinski definition) is 7. The SMILES string of the molecule is CCOC(=O)CC(=O)N1C(CC(=O)OCC)CCC1C(=O)OCC. The molecule has 0 aromatic rings. The van der Waals surface area contributed by atoms with Crippen molar-refractivity contribution in [1.29, 1.82) is 0 Å². The van der Waals surface area contributed by atoms with E-state index in [4.69, 9.17) is 14.2 Å². The summed E-state index contributed by atoms with van der Waals surface area (Å²) in [5.74, 6) is -2.17. The number of carbonyl (C=O) groups excluding carboxylic acids is 4. The highest BCUT2D eigenvalue weighted by molar-refractivity contribution is 5.96. The Hall–Kier alpha value is -2.12. The lowest BCUT2D eigenvalue weighted by atomic mass is 10.1. The van der Waals surface area contributed by atoms with E-state index < -0.39 is 42.3 Å². The molecule has 8 nitrogen and oxygen atoms in total. The zero-order valence-corrected chi connectivity index (χ0v) is 14.4. The molecule has 8 heteroatoms. The predicted molar refractivity (Wildman–Crippen MR) is 82.8 cm³/mol. The van der Waals surface area contributed by atoms with E-state index in [0.717, 1.165) is 0 Å². The number of rotatable bonds is 8. The summed E-state index contributed by atoms with van der Waals surface area (Å²) in [6, 6.07) is -1.27. The summed E-state index contributed by atoms with van der Waals surface area (Å²) in [6.45, 7) is 5.61. The van der Waals surface area contributed by atoms with Gasteiger partial charge in [0.2, 0.25) is 5.91 Å². The van der Waals surface area contributed by atoms with Gasteiger partial charge in [-0.3, -0.25) is 14.4 Å². The van der Waals surface area contributed by atoms with Gasteiger partial charge in [0.15, 0.2) is 0 Å². The van der Waals surface area contributed by atoms with E-state index in [1.165, 1.54) is 4.90 Å². The minimum atomic E-state index is -0.786. The summed E-state index contributed by atoms with van der Waals surface area (Å²) in [7, 11) is 0. The zero-order valence-electron chi connectivity index (χ0n) is 14.4. The van der Waals surface area contributed by atoms with Crippen molar-refractivity contribution in [2.45, 2.75) is 58.5 Å². The number of esters is 3. The molecule has 1 fully saturated rings. The van der Waals surface area contributed by atoms with Crippen molar-refractivity contribution in [2.24, 2.45) is 0 Å². The van der Waals surface area contributed by atoms with Gasteiger partial charge in [0, 0.05) is 6.04 Å². The minimum absolute atomic E-state index is 0.0156. The van der Waals surface area contributed by atoms with E-state index in [2.05, 4.69) is 0 Å². The molecule has 0 N–H and O–H groups in total. The lowest BCUT2D eigenvalue weighted by Crippen LogP contribution is -2.47. The summed E-state index contributed by atoms with van der Waals surface area (Å²) in [6.07, 6.45) is 0.371. The molecule has 136 valence electrons. The predicted octanol–water partition coefficient (Wildman–Crippen LogP) is 0.815. The van der Waals surface area contributed by atoms with Crippen LogP contribution in [0, 0.1) is 0 Å². The second-order valence-electron chi connectivity index (χ2n) is 5.29. The van der Waals surface area contributed by atoms with Gasteiger partial charge in [-0.15, -0.1) is 0 Å². The maximum Gasteiger partial charge on any atom is 0.328 e. The molecule has 1 aliphatic heterocycles. The Morgan fingerprint density at radius 1 is 0.875 bits per heavy atom. The Balaban J connectivity index is 2.86. The monoisotopic (exact) mass is 343 g/mol. The topological polar surface area (TPSA) is 99.2 Å². The molecular weight excluding hydrogens is 318 g/mol. The second kappa shape index (κ2) is 9.89. The van der Waals surface area contributed by atoms with Crippen molar-refractivity contribution in [3.8, 4) is 0 Å². The maximum atomic E-state index is 12.5. The van der Waals surface area contributed by atoms with Gasteiger partial charge in [-0.2, -0.15) is 0 Å². The van der Waals surface area contributed by atoms with Gasteiger partial charge in [-0.05, 0) is 33.6 Å². The number of hydrogen-bond donors (Lipinski definition) is 0. The normalized spacial score (nSPS) is 19.7. The highest BCUT2D eigenvalue weighted by atomic mass is 16.5. The van der Waals surface area contributed by atoms with Gasteiger partial charge in [-0.25, -0.2) is 4.79 Å². The molecular formula is C16H25NO7. The average Bonchev–Trinajstić information content (AvgIpc) is 2.91. The van der Waals surface area contributed by atoms with Crippen molar-refractivity contribution >= 4 is 23.8 Å². The third-order valence-electron chi connectivity index (χ3n) is 3.66. The van der Waals surface area contributed by atoms with Crippen LogP contribution in [0.4, 0.5) is 0 Å². The zero-order chi connectivity index (χ0) is 18.1. The Kier molecular flexibility index (Phi) is 8.21. The number of amides is 1. The molecule has 24 heavy (non-hydrogen) atoms. The molecule has 1 heterocycles. The fourth-order valence-electron chi connectivity index (χ4n) is 2.77. The van der Waals surface area contributed by atoms with Crippen LogP contribution >= 0.6 is 0 Å². The van der Waals surface area contributed by atoms with E-state index in [9.17, 15) is 19.2 Å². The first-order chi connectivity index (χ1) is 11.4. The lowest BCUT2D eigenvalue weighted by Gasteiger charge is -2.28. The van der Waals surface area contributed by atoms with E-state index in [-0.39, 0.29) is 26.2 Å². The number of ether oxygens (including phenoxy) is 3. The van der Waals surface area contributed by atoms with Gasteiger partial charge >= 0.3 is 17.9 Å². The smallest absolute Gasteiger partial charge is 0.328 e. The van der Waals surface area contributed by atoms with Crippen molar-refractivity contribution in [2.75, 3.05) is 19.8 Å². The molecule has 2 unspecified atom stereocenters. The largest absolute Gasteiger partial charge is 0.466 e. The van der Waals surface area contributed by atoms with Gasteiger partial charge in [-0.1, -0.05) is 0 Å². The quantitative estimate of drug-likeness (QED) is 0.365. The molecule has 1 rings (SSSR count). The third-order valence-corrected chi connectivity index (χ3v) is 3.66. The lowest BCUT2D eigenvalue weighted by molar-refractivity contribution is -0.158. The first-order valence-electron chi connectivity index (χ1n) is 8.23. The van der Waals surface area contributed by atoms with Crippen molar-refractivity contribution in [3.05, 3.63) is 0 Å². The van der Waals surface area contributed by atoms with Gasteiger partial charge < -0.3 is 19.1 Å². The van der Waals surface area contributed by atoms with Crippen LogP contribution in [0.1, 0.15) is 46.5 Å². The molecule has 1 saturated heterocycles. The van der Waals surface area contributed by atoms with Crippen molar-refractivity contribution in [1.82, 2.24) is 4.90 Å². The molecule has 0 spiro atoms. The van der Waals surface area contributed by atoms with Crippen LogP contribution < -0.4 is 0 Å². The fourth-order valence-corrected chi connectivity index (χ4v) is 2.77. The summed E-state index contributed by atoms with van der Waals surface area (Å²) in [4.78, 5) is 49.1. The average molecular weight is 343 g/mol. The summed E-state index contributed by atoms with van der Waals surface area (Å²) >= 11 is 0. The van der Waals surface area contributed by atoms with Crippen molar-refractivity contribution in [3.63, 3.8) is 0 Å². The van der Waals surface area contributed by atoms with E-state index in [1.54, 1.807) is 20.8 Å². The Bertz CT molecular complexity index is 477. The highest BCUT2D eigenvalue weighted by Crippen LogP contribution is 2.28. The van der Waals surface area contributed by atoms with Gasteiger partial charge in [0.1, 0.15) is 12.5 Å². The molecule has 0 bridgehead atoms. The number of nitrogens with zero attached hydrogens (tertiary/aromatic N) is 1. The number of carbonyl (C=O) groups is 4. The van der Waals surface area contributed by atoms with E-state index >= 15 is 0 Å². The molecule has 0 aromatic heterocycles. The molecule has 2 atom stereocenters. The standard InChI is InChI=1S/C16H25NO7/c1-4-22-14(19)9-11-7-8-12(16(21)24-6-3)17(11)13(18)10-15(20)23-5-2/h11-12H,4-10H2,1-3H3. The maximum absolute atomic E-state index is 12.5. The van der Waals surface area contributed by atoms with Crippen molar-refractivity contribution < 1.29 is 33.4 Å². The fraction of sp³-hybridized carbons (Fsp3) is 0.750. The van der Waals surface area contributed by atoms with Crippen LogP contribution in [0.15, 0.2) is 0 Å². The van der Waals surface area contributed by atoms with Crippen LogP contribution in [0.25, 0.3) is 0 Å². The molecule has 0 radical (unpaired) electrons. The Morgan fingerprint density at radius 3 is 2.04 bits per heavy atom.